The summed E-state index contributed by atoms with van der Waals surface area (Å²) in [7, 11) is 0. The van der Waals surface area contributed by atoms with E-state index in [0.29, 0.717) is 0 Å². The average Bonchev–Trinajstić information content (AvgIpc) is 2.76. The fourth-order valence-electron chi connectivity index (χ4n) is 3.77. The summed E-state index contributed by atoms with van der Waals surface area (Å²) in [6.07, 6.45) is -9.63. The van der Waals surface area contributed by atoms with Crippen molar-refractivity contribution >= 4 is 23.5 Å². The molecule has 0 aromatic heterocycles. The first-order valence-electron chi connectivity index (χ1n) is 9.44. The molecular formula is C21H16O12. The average molecular weight is 460 g/mol. The number of phenols is 1. The van der Waals surface area contributed by atoms with Gasteiger partial charge in [-0.1, -0.05) is 12.1 Å². The van der Waals surface area contributed by atoms with Gasteiger partial charge in [-0.05, 0) is 18.2 Å². The molecule has 0 amide bonds. The van der Waals surface area contributed by atoms with Crippen LogP contribution >= 0.6 is 0 Å². The fraction of sp³-hybridized carbons (Fsp3) is 0.238. The summed E-state index contributed by atoms with van der Waals surface area (Å²) in [5.74, 6) is -5.83. The van der Waals surface area contributed by atoms with E-state index in [9.17, 15) is 39.6 Å². The molecule has 12 nitrogen and oxygen atoms in total. The summed E-state index contributed by atoms with van der Waals surface area (Å²) in [6.45, 7) is 0. The summed E-state index contributed by atoms with van der Waals surface area (Å²) in [6, 6.07) is 5.54. The Morgan fingerprint density at radius 1 is 0.879 bits per heavy atom. The Hall–Kier alpha value is -3.84. The number of aliphatic carboxylic acids is 1. The molecule has 2 aliphatic rings. The zero-order valence-electron chi connectivity index (χ0n) is 16.4. The van der Waals surface area contributed by atoms with Gasteiger partial charge in [-0.25, -0.2) is 9.59 Å². The minimum Gasteiger partial charge on any atom is -0.507 e. The first-order chi connectivity index (χ1) is 15.5. The monoisotopic (exact) mass is 460 g/mol. The number of carboxylic acid groups (broad SMARTS) is 2. The third kappa shape index (κ3) is 3.50. The van der Waals surface area contributed by atoms with E-state index in [-0.39, 0.29) is 22.4 Å². The van der Waals surface area contributed by atoms with Crippen molar-refractivity contribution in [2.24, 2.45) is 0 Å². The van der Waals surface area contributed by atoms with Gasteiger partial charge >= 0.3 is 11.9 Å². The maximum absolute atomic E-state index is 13.2. The molecule has 4 rings (SSSR count). The molecule has 2 aromatic carbocycles. The smallest absolute Gasteiger partial charge is 0.335 e. The summed E-state index contributed by atoms with van der Waals surface area (Å²) in [4.78, 5) is 48.7. The lowest BCUT2D eigenvalue weighted by Gasteiger charge is -2.38. The minimum atomic E-state index is -1.96. The van der Waals surface area contributed by atoms with Crippen LogP contribution in [0.3, 0.4) is 0 Å². The number of fused-ring (bicyclic) bond motifs is 2. The van der Waals surface area contributed by atoms with Crippen molar-refractivity contribution in [2.45, 2.75) is 30.7 Å². The molecule has 1 saturated heterocycles. The molecule has 0 bridgehead atoms. The number of carboxylic acids is 2. The molecule has 6 N–H and O–H groups in total. The minimum absolute atomic E-state index is 0.201. The van der Waals surface area contributed by atoms with Crippen LogP contribution in [0, 0.1) is 0 Å². The van der Waals surface area contributed by atoms with E-state index in [2.05, 4.69) is 0 Å². The molecule has 1 aliphatic heterocycles. The largest absolute Gasteiger partial charge is 0.507 e. The molecule has 1 fully saturated rings. The predicted octanol–water partition coefficient (Wildman–Crippen LogP) is -0.863. The number of hydrogen-bond donors (Lipinski definition) is 6. The molecule has 2 aromatic rings. The van der Waals surface area contributed by atoms with Crippen LogP contribution < -0.4 is 4.74 Å². The van der Waals surface area contributed by atoms with Crippen molar-refractivity contribution in [1.29, 1.82) is 0 Å². The van der Waals surface area contributed by atoms with Crippen molar-refractivity contribution in [1.82, 2.24) is 0 Å². The van der Waals surface area contributed by atoms with Crippen LogP contribution in [0.2, 0.25) is 0 Å². The van der Waals surface area contributed by atoms with Crippen molar-refractivity contribution in [3.05, 3.63) is 58.1 Å². The topological polar surface area (TPSA) is 208 Å². The zero-order valence-corrected chi connectivity index (χ0v) is 16.4. The van der Waals surface area contributed by atoms with E-state index in [1.165, 1.54) is 18.2 Å². The second kappa shape index (κ2) is 7.94. The van der Waals surface area contributed by atoms with Crippen LogP contribution in [0.1, 0.15) is 42.2 Å². The number of carbonyl (C=O) groups excluding carboxylic acids is 2. The SMILES string of the molecule is O=C(O)c1cc(O)c2c(c1)C(=O)c1cccc(OC3OC(C(=O)O)C(O)C(O)C3O)c1C2=O. The van der Waals surface area contributed by atoms with Crippen molar-refractivity contribution in [3.8, 4) is 11.5 Å². The normalized spacial score (nSPS) is 26.3. The van der Waals surface area contributed by atoms with Gasteiger partial charge in [0.15, 0.2) is 11.9 Å². The molecule has 5 unspecified atom stereocenters. The highest BCUT2D eigenvalue weighted by Gasteiger charge is 2.48. The summed E-state index contributed by atoms with van der Waals surface area (Å²) < 4.78 is 10.5. The molecule has 0 radical (unpaired) electrons. The first-order valence-corrected chi connectivity index (χ1v) is 9.44. The van der Waals surface area contributed by atoms with Gasteiger partial charge in [-0.15, -0.1) is 0 Å². The quantitative estimate of drug-likeness (QED) is 0.281. The van der Waals surface area contributed by atoms with Gasteiger partial charge in [0.2, 0.25) is 12.1 Å². The first kappa shape index (κ1) is 22.4. The number of aromatic carboxylic acids is 1. The number of rotatable bonds is 4. The van der Waals surface area contributed by atoms with Crippen molar-refractivity contribution < 1.29 is 59.3 Å². The maximum atomic E-state index is 13.2. The molecule has 33 heavy (non-hydrogen) atoms. The van der Waals surface area contributed by atoms with Crippen LogP contribution in [0.4, 0.5) is 0 Å². The highest BCUT2D eigenvalue weighted by Crippen LogP contribution is 2.38. The summed E-state index contributed by atoms with van der Waals surface area (Å²) in [5.41, 5.74) is -1.75. The van der Waals surface area contributed by atoms with Gasteiger partial charge in [-0.3, -0.25) is 9.59 Å². The number of aromatic hydroxyl groups is 1. The number of aliphatic hydroxyl groups excluding tert-OH is 3. The highest BCUT2D eigenvalue weighted by molar-refractivity contribution is 6.30. The Morgan fingerprint density at radius 3 is 2.21 bits per heavy atom. The summed E-state index contributed by atoms with van der Waals surface area (Å²) >= 11 is 0. The highest BCUT2D eigenvalue weighted by atomic mass is 16.7. The van der Waals surface area contributed by atoms with Gasteiger partial charge < -0.3 is 40.1 Å². The number of ketones is 2. The van der Waals surface area contributed by atoms with E-state index in [0.717, 1.165) is 12.1 Å². The van der Waals surface area contributed by atoms with Crippen molar-refractivity contribution in [3.63, 3.8) is 0 Å². The Bertz CT molecular complexity index is 1200. The lowest BCUT2D eigenvalue weighted by molar-refractivity contribution is -0.271. The van der Waals surface area contributed by atoms with E-state index in [4.69, 9.17) is 19.7 Å². The number of aliphatic hydroxyl groups is 3. The Morgan fingerprint density at radius 2 is 1.58 bits per heavy atom. The van der Waals surface area contributed by atoms with Gasteiger partial charge in [0.1, 0.15) is 29.8 Å². The molecular weight excluding hydrogens is 444 g/mol. The maximum Gasteiger partial charge on any atom is 0.335 e. The number of phenolic OH excluding ortho intramolecular Hbond substituents is 1. The fourth-order valence-corrected chi connectivity index (χ4v) is 3.77. The standard InChI is InChI=1S/C21H16O12/c22-9-5-6(19(28)29)4-8-11(9)14(24)12-7(13(8)23)2-1-3-10(12)32-21-17(27)15(25)16(26)18(33-21)20(30)31/h1-5,15-18,21-22,25-27H,(H,28,29)(H,30,31). The van der Waals surface area contributed by atoms with E-state index >= 15 is 0 Å². The number of carbonyl (C=O) groups is 4. The second-order valence-electron chi connectivity index (χ2n) is 7.41. The predicted molar refractivity (Wildman–Crippen MR) is 103 cm³/mol. The van der Waals surface area contributed by atoms with Crippen LogP contribution in [-0.4, -0.2) is 84.9 Å². The van der Waals surface area contributed by atoms with Gasteiger partial charge in [0, 0.05) is 11.1 Å². The van der Waals surface area contributed by atoms with E-state index in [1.807, 2.05) is 0 Å². The number of benzene rings is 2. The lowest BCUT2D eigenvalue weighted by atomic mass is 9.82. The van der Waals surface area contributed by atoms with Gasteiger partial charge in [0.25, 0.3) is 0 Å². The van der Waals surface area contributed by atoms with Gasteiger partial charge in [-0.2, -0.15) is 0 Å². The van der Waals surface area contributed by atoms with E-state index in [1.54, 1.807) is 0 Å². The number of hydrogen-bond acceptors (Lipinski definition) is 10. The molecule has 12 heteroatoms. The van der Waals surface area contributed by atoms with E-state index < -0.39 is 71.1 Å². The third-order valence-electron chi connectivity index (χ3n) is 5.39. The zero-order chi connectivity index (χ0) is 24.2. The molecule has 1 heterocycles. The Labute approximate surface area is 183 Å². The van der Waals surface area contributed by atoms with Crippen molar-refractivity contribution in [2.75, 3.05) is 0 Å². The molecule has 1 aliphatic carbocycles. The second-order valence-corrected chi connectivity index (χ2v) is 7.41. The van der Waals surface area contributed by atoms with Gasteiger partial charge in [0.05, 0.1) is 16.7 Å². The Balaban J connectivity index is 1.76. The van der Waals surface area contributed by atoms with Crippen LogP contribution in [0.15, 0.2) is 30.3 Å². The molecule has 0 spiro atoms. The molecule has 5 atom stereocenters. The molecule has 172 valence electrons. The van der Waals surface area contributed by atoms with Crippen LogP contribution in [-0.2, 0) is 9.53 Å². The third-order valence-corrected chi connectivity index (χ3v) is 5.39. The number of ether oxygens (including phenoxy) is 2. The van der Waals surface area contributed by atoms with Crippen LogP contribution in [0.25, 0.3) is 0 Å². The molecule has 0 saturated carbocycles. The summed E-state index contributed by atoms with van der Waals surface area (Å²) in [5, 5.41) is 58.5. The Kier molecular flexibility index (Phi) is 5.38. The van der Waals surface area contributed by atoms with Crippen LogP contribution in [0.5, 0.6) is 11.5 Å². The lowest BCUT2D eigenvalue weighted by Crippen LogP contribution is -2.61.